The molecule has 1 aromatic carbocycles. The zero-order chi connectivity index (χ0) is 20.1. The fourth-order valence-corrected chi connectivity index (χ4v) is 2.58. The van der Waals surface area contributed by atoms with Gasteiger partial charge < -0.3 is 4.74 Å². The number of benzene rings is 1. The third kappa shape index (κ3) is 4.64. The van der Waals surface area contributed by atoms with Gasteiger partial charge in [-0.2, -0.15) is 15.3 Å². The van der Waals surface area contributed by atoms with E-state index in [1.807, 2.05) is 30.3 Å². The predicted molar refractivity (Wildman–Crippen MR) is 101 cm³/mol. The molecule has 0 unspecified atom stereocenters. The van der Waals surface area contributed by atoms with Gasteiger partial charge in [0.1, 0.15) is 12.4 Å². The summed E-state index contributed by atoms with van der Waals surface area (Å²) in [7, 11) is 0. The van der Waals surface area contributed by atoms with E-state index >= 15 is 0 Å². The highest BCUT2D eigenvalue weighted by Gasteiger charge is 2.08. The van der Waals surface area contributed by atoms with Crippen LogP contribution in [0.3, 0.4) is 0 Å². The highest BCUT2D eigenvalue weighted by atomic mass is 19.1. The number of nitrogens with zero attached hydrogens (tertiary/aromatic N) is 6. The van der Waals surface area contributed by atoms with Gasteiger partial charge >= 0.3 is 6.01 Å². The summed E-state index contributed by atoms with van der Waals surface area (Å²) in [5.41, 5.74) is 2.05. The van der Waals surface area contributed by atoms with E-state index in [2.05, 4.69) is 25.3 Å². The van der Waals surface area contributed by atoms with Gasteiger partial charge in [0, 0.05) is 30.1 Å². The zero-order valence-electron chi connectivity index (χ0n) is 15.1. The molecule has 0 bridgehead atoms. The van der Waals surface area contributed by atoms with Gasteiger partial charge in [-0.05, 0) is 11.6 Å². The Kier molecular flexibility index (Phi) is 5.28. The maximum absolute atomic E-state index is 13.3. The van der Waals surface area contributed by atoms with Crippen LogP contribution in [-0.2, 0) is 13.2 Å². The summed E-state index contributed by atoms with van der Waals surface area (Å²) in [5.74, 6) is -0.529. The average molecular weight is 390 g/mol. The van der Waals surface area contributed by atoms with Crippen LogP contribution in [0.25, 0.3) is 11.3 Å². The van der Waals surface area contributed by atoms with Crippen molar-refractivity contribution in [1.82, 2.24) is 29.9 Å². The first-order valence-electron chi connectivity index (χ1n) is 8.72. The second kappa shape index (κ2) is 8.34. The van der Waals surface area contributed by atoms with Gasteiger partial charge in [0.25, 0.3) is 5.56 Å². The molecular weight excluding hydrogens is 375 g/mol. The van der Waals surface area contributed by atoms with Crippen molar-refractivity contribution in [2.24, 2.45) is 0 Å². The van der Waals surface area contributed by atoms with Gasteiger partial charge in [-0.3, -0.25) is 4.79 Å². The Bertz CT molecular complexity index is 1170. The molecule has 0 aliphatic carbocycles. The summed E-state index contributed by atoms with van der Waals surface area (Å²) in [5, 5.41) is 11.6. The van der Waals surface area contributed by atoms with E-state index in [1.54, 1.807) is 18.5 Å². The largest absolute Gasteiger partial charge is 0.459 e. The number of ether oxygens (including phenoxy) is 1. The summed E-state index contributed by atoms with van der Waals surface area (Å²) in [6.07, 6.45) is 4.12. The van der Waals surface area contributed by atoms with Crippen molar-refractivity contribution in [2.45, 2.75) is 13.2 Å². The second-order valence-electron chi connectivity index (χ2n) is 6.11. The average Bonchev–Trinajstić information content (AvgIpc) is 2.75. The van der Waals surface area contributed by atoms with Gasteiger partial charge in [0.2, 0.25) is 0 Å². The second-order valence-corrected chi connectivity index (χ2v) is 6.11. The molecular formula is C20H15FN6O2. The Morgan fingerprint density at radius 1 is 1.00 bits per heavy atom. The number of halogens is 1. The predicted octanol–water partition coefficient (Wildman–Crippen LogP) is 2.26. The van der Waals surface area contributed by atoms with Crippen LogP contribution in [0.5, 0.6) is 6.01 Å². The van der Waals surface area contributed by atoms with Crippen LogP contribution in [0.4, 0.5) is 4.39 Å². The summed E-state index contributed by atoms with van der Waals surface area (Å²) < 4.78 is 20.0. The minimum absolute atomic E-state index is 0.00341. The van der Waals surface area contributed by atoms with E-state index in [0.29, 0.717) is 17.9 Å². The molecule has 4 rings (SSSR count). The first-order chi connectivity index (χ1) is 14.2. The van der Waals surface area contributed by atoms with E-state index in [0.717, 1.165) is 11.8 Å². The lowest BCUT2D eigenvalue weighted by atomic mass is 10.2. The van der Waals surface area contributed by atoms with Crippen molar-refractivity contribution in [3.8, 4) is 17.3 Å². The maximum Gasteiger partial charge on any atom is 0.316 e. The molecule has 4 aromatic rings. The summed E-state index contributed by atoms with van der Waals surface area (Å²) in [4.78, 5) is 20.4. The Balaban J connectivity index is 1.50. The molecule has 0 radical (unpaired) electrons. The van der Waals surface area contributed by atoms with Gasteiger partial charge in [-0.25, -0.2) is 19.0 Å². The Morgan fingerprint density at radius 3 is 2.55 bits per heavy atom. The van der Waals surface area contributed by atoms with E-state index in [1.165, 1.54) is 16.8 Å². The van der Waals surface area contributed by atoms with Gasteiger partial charge in [0.15, 0.2) is 0 Å². The number of rotatable bonds is 6. The molecule has 0 spiro atoms. The zero-order valence-corrected chi connectivity index (χ0v) is 15.1. The molecule has 0 aliphatic rings. The molecule has 0 fully saturated rings. The molecule has 0 saturated heterocycles. The van der Waals surface area contributed by atoms with E-state index in [9.17, 15) is 9.18 Å². The van der Waals surface area contributed by atoms with Gasteiger partial charge in [0.05, 0.1) is 24.1 Å². The minimum Gasteiger partial charge on any atom is -0.459 e. The molecule has 0 amide bonds. The molecule has 8 nitrogen and oxygen atoms in total. The van der Waals surface area contributed by atoms with Crippen molar-refractivity contribution in [3.05, 3.63) is 94.5 Å². The van der Waals surface area contributed by atoms with Crippen LogP contribution in [0.1, 0.15) is 11.3 Å². The molecule has 0 saturated carbocycles. The molecule has 3 aromatic heterocycles. The van der Waals surface area contributed by atoms with E-state index in [-0.39, 0.29) is 23.8 Å². The lowest BCUT2D eigenvalue weighted by molar-refractivity contribution is 0.280. The summed E-state index contributed by atoms with van der Waals surface area (Å²) in [6.45, 7) is 0.356. The third-order valence-corrected chi connectivity index (χ3v) is 3.98. The topological polar surface area (TPSA) is 95.7 Å². The maximum atomic E-state index is 13.3. The monoisotopic (exact) mass is 390 g/mol. The lowest BCUT2D eigenvalue weighted by Crippen LogP contribution is -2.23. The Morgan fingerprint density at radius 2 is 1.79 bits per heavy atom. The van der Waals surface area contributed by atoms with Gasteiger partial charge in [-0.15, -0.1) is 0 Å². The van der Waals surface area contributed by atoms with Crippen molar-refractivity contribution >= 4 is 0 Å². The highest BCUT2D eigenvalue weighted by molar-refractivity contribution is 5.55. The van der Waals surface area contributed by atoms with Crippen LogP contribution in [0.2, 0.25) is 0 Å². The van der Waals surface area contributed by atoms with Crippen molar-refractivity contribution in [2.75, 3.05) is 0 Å². The normalized spacial score (nSPS) is 10.7. The Hall–Kier alpha value is -4.01. The lowest BCUT2D eigenvalue weighted by Gasteiger charge is -2.07. The highest BCUT2D eigenvalue weighted by Crippen LogP contribution is 2.15. The molecule has 0 aliphatic heterocycles. The Labute approximate surface area is 164 Å². The third-order valence-electron chi connectivity index (χ3n) is 3.98. The first kappa shape index (κ1) is 18.4. The fraction of sp³-hybridized carbons (Fsp3) is 0.100. The molecule has 0 atom stereocenters. The van der Waals surface area contributed by atoms with Crippen molar-refractivity contribution in [1.29, 1.82) is 0 Å². The fourth-order valence-electron chi connectivity index (χ4n) is 2.58. The standard InChI is InChI=1S/C20H15FN6O2/c21-16-8-17(25-24-11-16)12-27-19(28)7-6-18(26-27)15-9-22-20(23-10-15)29-13-14-4-2-1-3-5-14/h1-11H,12-13H2. The van der Waals surface area contributed by atoms with E-state index < -0.39 is 5.82 Å². The van der Waals surface area contributed by atoms with Crippen molar-refractivity contribution < 1.29 is 9.13 Å². The molecule has 0 N–H and O–H groups in total. The summed E-state index contributed by atoms with van der Waals surface area (Å²) >= 11 is 0. The smallest absolute Gasteiger partial charge is 0.316 e. The minimum atomic E-state index is -0.529. The molecule has 3 heterocycles. The quantitative estimate of drug-likeness (QED) is 0.498. The van der Waals surface area contributed by atoms with Crippen molar-refractivity contribution in [3.63, 3.8) is 0 Å². The first-order valence-corrected chi connectivity index (χ1v) is 8.72. The van der Waals surface area contributed by atoms with Crippen LogP contribution in [0, 0.1) is 5.82 Å². The van der Waals surface area contributed by atoms with Crippen LogP contribution < -0.4 is 10.3 Å². The van der Waals surface area contributed by atoms with Crippen LogP contribution >= 0.6 is 0 Å². The van der Waals surface area contributed by atoms with Crippen LogP contribution in [-0.4, -0.2) is 29.9 Å². The summed E-state index contributed by atoms with van der Waals surface area (Å²) in [6, 6.07) is 14.1. The molecule has 29 heavy (non-hydrogen) atoms. The number of hydrogen-bond donors (Lipinski definition) is 0. The number of aromatic nitrogens is 6. The van der Waals surface area contributed by atoms with Gasteiger partial charge in [-0.1, -0.05) is 30.3 Å². The van der Waals surface area contributed by atoms with E-state index in [4.69, 9.17) is 4.74 Å². The number of hydrogen-bond acceptors (Lipinski definition) is 7. The van der Waals surface area contributed by atoms with Crippen LogP contribution in [0.15, 0.2) is 71.9 Å². The molecule has 144 valence electrons. The molecule has 9 heteroatoms. The SMILES string of the molecule is O=c1ccc(-c2cnc(OCc3ccccc3)nc2)nn1Cc1cc(F)cnn1.